The van der Waals surface area contributed by atoms with Gasteiger partial charge in [-0.05, 0) is 48.0 Å². The van der Waals surface area contributed by atoms with Crippen LogP contribution in [0, 0.1) is 0 Å². The Morgan fingerprint density at radius 1 is 0.893 bits per heavy atom. The summed E-state index contributed by atoms with van der Waals surface area (Å²) in [5.41, 5.74) is 6.04. The molecule has 3 aromatic rings. The smallest absolute Gasteiger partial charge is 0.273 e. The number of aromatic hydroxyl groups is 1. The fraction of sp³-hybridized carbons (Fsp3) is 0.0476. The van der Waals surface area contributed by atoms with E-state index in [1.165, 1.54) is 24.3 Å². The second-order valence-electron chi connectivity index (χ2n) is 5.87. The highest BCUT2D eigenvalue weighted by molar-refractivity contribution is 6.30. The Bertz CT molecular complexity index is 990. The van der Waals surface area contributed by atoms with Crippen LogP contribution in [0.3, 0.4) is 0 Å². The molecule has 2 amide bonds. The van der Waals surface area contributed by atoms with Crippen LogP contribution in [0.2, 0.25) is 5.02 Å². The summed E-state index contributed by atoms with van der Waals surface area (Å²) in [6.07, 6.45) is 0. The van der Waals surface area contributed by atoms with Gasteiger partial charge in [0.2, 0.25) is 0 Å². The van der Waals surface area contributed by atoms with Crippen molar-refractivity contribution >= 4 is 23.4 Å². The van der Waals surface area contributed by atoms with Gasteiger partial charge in [-0.1, -0.05) is 41.9 Å². The van der Waals surface area contributed by atoms with Crippen LogP contribution in [0.4, 0.5) is 0 Å². The van der Waals surface area contributed by atoms with Gasteiger partial charge >= 0.3 is 0 Å². The van der Waals surface area contributed by atoms with Crippen molar-refractivity contribution in [2.75, 3.05) is 0 Å². The van der Waals surface area contributed by atoms with E-state index in [4.69, 9.17) is 16.3 Å². The van der Waals surface area contributed by atoms with Crippen LogP contribution in [0.1, 0.15) is 26.3 Å². The third kappa shape index (κ3) is 5.02. The van der Waals surface area contributed by atoms with Crippen LogP contribution in [0.5, 0.6) is 11.5 Å². The summed E-state index contributed by atoms with van der Waals surface area (Å²) in [6, 6.07) is 19.7. The molecule has 6 nitrogen and oxygen atoms in total. The monoisotopic (exact) mass is 396 g/mol. The minimum atomic E-state index is -0.552. The number of rotatable bonds is 5. The van der Waals surface area contributed by atoms with Crippen molar-refractivity contribution in [3.05, 3.63) is 94.5 Å². The first-order valence-electron chi connectivity index (χ1n) is 8.39. The minimum Gasteiger partial charge on any atom is -0.508 e. The molecule has 0 heterocycles. The molecular weight excluding hydrogens is 380 g/mol. The van der Waals surface area contributed by atoms with Crippen LogP contribution >= 0.6 is 11.6 Å². The van der Waals surface area contributed by atoms with Gasteiger partial charge in [0.15, 0.2) is 0 Å². The Balaban J connectivity index is 1.63. The number of hydrogen-bond donors (Lipinski definition) is 3. The second-order valence-corrected chi connectivity index (χ2v) is 6.31. The number of benzene rings is 3. The van der Waals surface area contributed by atoms with Gasteiger partial charge in [-0.25, -0.2) is 0 Å². The van der Waals surface area contributed by atoms with Crippen LogP contribution in [0.25, 0.3) is 0 Å². The Morgan fingerprint density at radius 2 is 1.61 bits per heavy atom. The standard InChI is InChI=1S/C21H17ClN2O4/c22-16-10-8-14(9-11-16)13-28-19-7-2-1-6-18(19)21(27)24-23-20(26)15-4-3-5-17(25)12-15/h1-12,25H,13H2,(H,23,26)(H,24,27). The molecule has 142 valence electrons. The third-order valence-corrected chi connectivity index (χ3v) is 4.09. The lowest BCUT2D eigenvalue weighted by Crippen LogP contribution is -2.41. The molecule has 0 saturated carbocycles. The number of phenolic OH excluding ortho intramolecular Hbond substituents is 1. The summed E-state index contributed by atoms with van der Waals surface area (Å²) >= 11 is 5.87. The van der Waals surface area contributed by atoms with E-state index in [0.717, 1.165) is 5.56 Å². The number of amides is 2. The van der Waals surface area contributed by atoms with Crippen molar-refractivity contribution < 1.29 is 19.4 Å². The van der Waals surface area contributed by atoms with E-state index in [1.54, 1.807) is 36.4 Å². The summed E-state index contributed by atoms with van der Waals surface area (Å²) in [6.45, 7) is 0.261. The van der Waals surface area contributed by atoms with Crippen LogP contribution in [0.15, 0.2) is 72.8 Å². The van der Waals surface area contributed by atoms with Crippen molar-refractivity contribution in [3.8, 4) is 11.5 Å². The van der Waals surface area contributed by atoms with Gasteiger partial charge in [0.1, 0.15) is 18.1 Å². The number of carbonyl (C=O) groups excluding carboxylic acids is 2. The van der Waals surface area contributed by atoms with Crippen molar-refractivity contribution in [2.45, 2.75) is 6.61 Å². The molecule has 0 bridgehead atoms. The van der Waals surface area contributed by atoms with Gasteiger partial charge in [-0.2, -0.15) is 0 Å². The molecule has 0 atom stereocenters. The molecule has 0 aromatic heterocycles. The Morgan fingerprint density at radius 3 is 2.36 bits per heavy atom. The molecule has 7 heteroatoms. The summed E-state index contributed by atoms with van der Waals surface area (Å²) in [7, 11) is 0. The molecule has 0 aliphatic rings. The number of carbonyl (C=O) groups is 2. The lowest BCUT2D eigenvalue weighted by molar-refractivity contribution is 0.0844. The van der Waals surface area contributed by atoms with Crippen LogP contribution in [-0.4, -0.2) is 16.9 Å². The number of phenols is 1. The van der Waals surface area contributed by atoms with E-state index in [9.17, 15) is 14.7 Å². The summed E-state index contributed by atoms with van der Waals surface area (Å²) < 4.78 is 5.74. The van der Waals surface area contributed by atoms with Crippen LogP contribution < -0.4 is 15.6 Å². The zero-order valence-electron chi connectivity index (χ0n) is 14.7. The molecule has 0 saturated heterocycles. The number of halogens is 1. The van der Waals surface area contributed by atoms with Gasteiger partial charge in [0.05, 0.1) is 5.56 Å². The maximum atomic E-state index is 12.5. The van der Waals surface area contributed by atoms with Gasteiger partial charge < -0.3 is 9.84 Å². The SMILES string of the molecule is O=C(NNC(=O)c1ccccc1OCc1ccc(Cl)cc1)c1cccc(O)c1. The molecule has 0 aliphatic heterocycles. The van der Waals surface area contributed by atoms with Crippen LogP contribution in [-0.2, 0) is 6.61 Å². The lowest BCUT2D eigenvalue weighted by Gasteiger charge is -2.12. The predicted molar refractivity (Wildman–Crippen MR) is 105 cm³/mol. The zero-order chi connectivity index (χ0) is 19.9. The maximum Gasteiger partial charge on any atom is 0.273 e. The highest BCUT2D eigenvalue weighted by atomic mass is 35.5. The van der Waals surface area contributed by atoms with E-state index < -0.39 is 11.8 Å². The molecule has 3 aromatic carbocycles. The van der Waals surface area contributed by atoms with Crippen molar-refractivity contribution in [1.29, 1.82) is 0 Å². The zero-order valence-corrected chi connectivity index (χ0v) is 15.4. The van der Waals surface area contributed by atoms with Gasteiger partial charge in [-0.15, -0.1) is 0 Å². The summed E-state index contributed by atoms with van der Waals surface area (Å²) in [5, 5.41) is 10.1. The number of ether oxygens (including phenoxy) is 1. The Kier molecular flexibility index (Phi) is 6.14. The molecule has 0 radical (unpaired) electrons. The highest BCUT2D eigenvalue weighted by Gasteiger charge is 2.14. The maximum absolute atomic E-state index is 12.5. The summed E-state index contributed by atoms with van der Waals surface area (Å²) in [5.74, 6) is -0.745. The number of hydrogen-bond acceptors (Lipinski definition) is 4. The quantitative estimate of drug-likeness (QED) is 0.574. The fourth-order valence-corrected chi connectivity index (χ4v) is 2.55. The van der Waals surface area contributed by atoms with E-state index in [-0.39, 0.29) is 23.5 Å². The molecule has 0 spiro atoms. The molecule has 0 unspecified atom stereocenters. The van der Waals surface area contributed by atoms with Crippen molar-refractivity contribution in [3.63, 3.8) is 0 Å². The number of para-hydroxylation sites is 1. The minimum absolute atomic E-state index is 0.0417. The molecule has 0 fully saturated rings. The lowest BCUT2D eigenvalue weighted by atomic mass is 10.2. The van der Waals surface area contributed by atoms with E-state index in [0.29, 0.717) is 10.8 Å². The Labute approximate surface area is 166 Å². The summed E-state index contributed by atoms with van der Waals surface area (Å²) in [4.78, 5) is 24.5. The fourth-order valence-electron chi connectivity index (χ4n) is 2.42. The first-order chi connectivity index (χ1) is 13.5. The molecular formula is C21H17ClN2O4. The largest absolute Gasteiger partial charge is 0.508 e. The van der Waals surface area contributed by atoms with Gasteiger partial charge in [0.25, 0.3) is 11.8 Å². The predicted octanol–water partition coefficient (Wildman–Crippen LogP) is 3.70. The van der Waals surface area contributed by atoms with Gasteiger partial charge in [0, 0.05) is 10.6 Å². The number of nitrogens with one attached hydrogen (secondary N) is 2. The third-order valence-electron chi connectivity index (χ3n) is 3.84. The Hall–Kier alpha value is -3.51. The second kappa shape index (κ2) is 8.92. The van der Waals surface area contributed by atoms with E-state index in [2.05, 4.69) is 10.9 Å². The first-order valence-corrected chi connectivity index (χ1v) is 8.77. The molecule has 3 N–H and O–H groups in total. The van der Waals surface area contributed by atoms with Crippen molar-refractivity contribution in [2.24, 2.45) is 0 Å². The van der Waals surface area contributed by atoms with Crippen molar-refractivity contribution in [1.82, 2.24) is 10.9 Å². The highest BCUT2D eigenvalue weighted by Crippen LogP contribution is 2.20. The van der Waals surface area contributed by atoms with E-state index >= 15 is 0 Å². The molecule has 0 aliphatic carbocycles. The molecule has 28 heavy (non-hydrogen) atoms. The van der Waals surface area contributed by atoms with E-state index in [1.807, 2.05) is 12.1 Å². The normalized spacial score (nSPS) is 10.2. The topological polar surface area (TPSA) is 87.7 Å². The average Bonchev–Trinajstić information content (AvgIpc) is 2.71. The average molecular weight is 397 g/mol. The first kappa shape index (κ1) is 19.3. The number of hydrazine groups is 1. The molecule has 3 rings (SSSR count). The van der Waals surface area contributed by atoms with Gasteiger partial charge in [-0.3, -0.25) is 20.4 Å².